The third-order valence-corrected chi connectivity index (χ3v) is 4.02. The molecule has 1 aromatic heterocycles. The van der Waals surface area contributed by atoms with Gasteiger partial charge in [-0.15, -0.1) is 0 Å². The van der Waals surface area contributed by atoms with E-state index in [1.807, 2.05) is 30.5 Å². The largest absolute Gasteiger partial charge is 0.352 e. The first-order valence-corrected chi connectivity index (χ1v) is 7.65. The summed E-state index contributed by atoms with van der Waals surface area (Å²) >= 11 is 0. The summed E-state index contributed by atoms with van der Waals surface area (Å²) in [5.74, 6) is 0.143. The minimum absolute atomic E-state index is 0.143. The van der Waals surface area contributed by atoms with Crippen molar-refractivity contribution in [3.05, 3.63) is 42.1 Å². The fourth-order valence-electron chi connectivity index (χ4n) is 2.90. The third kappa shape index (κ3) is 3.58. The van der Waals surface area contributed by atoms with Crippen LogP contribution in [0.1, 0.15) is 24.8 Å². The van der Waals surface area contributed by atoms with Gasteiger partial charge >= 0.3 is 0 Å². The van der Waals surface area contributed by atoms with E-state index in [4.69, 9.17) is 0 Å². The molecule has 1 aromatic carbocycles. The smallest absolute Gasteiger partial charge is 0.220 e. The predicted octanol–water partition coefficient (Wildman–Crippen LogP) is 2.04. The SMILES string of the molecule is O=C(CCc1ccnc2ccccc12)N[C@H]1CCCNC1. The number of benzene rings is 1. The van der Waals surface area contributed by atoms with Gasteiger partial charge in [0.05, 0.1) is 5.52 Å². The number of hydrogen-bond donors (Lipinski definition) is 2. The fourth-order valence-corrected chi connectivity index (χ4v) is 2.90. The number of aromatic nitrogens is 1. The number of fused-ring (bicyclic) bond motifs is 1. The highest BCUT2D eigenvalue weighted by Crippen LogP contribution is 2.17. The molecule has 4 heteroatoms. The molecule has 1 saturated heterocycles. The first kappa shape index (κ1) is 14.0. The number of amides is 1. The maximum atomic E-state index is 12.1. The Morgan fingerprint density at radius 3 is 3.10 bits per heavy atom. The molecule has 0 spiro atoms. The van der Waals surface area contributed by atoms with Crippen LogP contribution < -0.4 is 10.6 Å². The third-order valence-electron chi connectivity index (χ3n) is 4.02. The quantitative estimate of drug-likeness (QED) is 0.903. The molecule has 1 atom stereocenters. The number of para-hydroxylation sites is 1. The Balaban J connectivity index is 1.59. The van der Waals surface area contributed by atoms with Gasteiger partial charge in [0.15, 0.2) is 0 Å². The Kier molecular flexibility index (Phi) is 4.46. The van der Waals surface area contributed by atoms with E-state index >= 15 is 0 Å². The van der Waals surface area contributed by atoms with E-state index in [0.29, 0.717) is 12.5 Å². The van der Waals surface area contributed by atoms with E-state index in [0.717, 1.165) is 43.3 Å². The van der Waals surface area contributed by atoms with Gasteiger partial charge in [0, 0.05) is 30.6 Å². The van der Waals surface area contributed by atoms with Crippen molar-refractivity contribution < 1.29 is 4.79 Å². The van der Waals surface area contributed by atoms with Crippen molar-refractivity contribution >= 4 is 16.8 Å². The highest BCUT2D eigenvalue weighted by atomic mass is 16.1. The molecular weight excluding hydrogens is 262 g/mol. The van der Waals surface area contributed by atoms with Gasteiger partial charge in [-0.25, -0.2) is 0 Å². The monoisotopic (exact) mass is 283 g/mol. The lowest BCUT2D eigenvalue weighted by Gasteiger charge is -2.23. The highest BCUT2D eigenvalue weighted by molar-refractivity contribution is 5.83. The molecular formula is C17H21N3O. The Morgan fingerprint density at radius 2 is 2.24 bits per heavy atom. The Bertz CT molecular complexity index is 615. The highest BCUT2D eigenvalue weighted by Gasteiger charge is 2.15. The molecule has 3 rings (SSSR count). The van der Waals surface area contributed by atoms with Crippen LogP contribution in [-0.4, -0.2) is 30.0 Å². The van der Waals surface area contributed by atoms with Crippen molar-refractivity contribution in [3.63, 3.8) is 0 Å². The second-order valence-corrected chi connectivity index (χ2v) is 5.60. The number of aryl methyl sites for hydroxylation is 1. The molecule has 0 bridgehead atoms. The maximum Gasteiger partial charge on any atom is 0.220 e. The fraction of sp³-hybridized carbons (Fsp3) is 0.412. The van der Waals surface area contributed by atoms with Crippen LogP contribution in [0.25, 0.3) is 10.9 Å². The molecule has 0 saturated carbocycles. The first-order chi connectivity index (χ1) is 10.3. The van der Waals surface area contributed by atoms with Crippen LogP contribution in [0, 0.1) is 0 Å². The Labute approximate surface area is 125 Å². The number of hydrogen-bond acceptors (Lipinski definition) is 3. The average molecular weight is 283 g/mol. The number of piperidine rings is 1. The number of pyridine rings is 1. The average Bonchev–Trinajstić information content (AvgIpc) is 2.54. The van der Waals surface area contributed by atoms with Gasteiger partial charge in [0.2, 0.25) is 5.91 Å². The van der Waals surface area contributed by atoms with E-state index in [2.05, 4.69) is 21.7 Å². The number of nitrogens with zero attached hydrogens (tertiary/aromatic N) is 1. The molecule has 1 aliphatic rings. The van der Waals surface area contributed by atoms with Crippen molar-refractivity contribution in [2.24, 2.45) is 0 Å². The lowest BCUT2D eigenvalue weighted by Crippen LogP contribution is -2.45. The van der Waals surface area contributed by atoms with Crippen molar-refractivity contribution in [2.45, 2.75) is 31.7 Å². The summed E-state index contributed by atoms with van der Waals surface area (Å²) in [5, 5.41) is 7.58. The van der Waals surface area contributed by atoms with Crippen LogP contribution in [0.4, 0.5) is 0 Å². The van der Waals surface area contributed by atoms with E-state index < -0.39 is 0 Å². The van der Waals surface area contributed by atoms with E-state index in [-0.39, 0.29) is 5.91 Å². The van der Waals surface area contributed by atoms with E-state index in [9.17, 15) is 4.79 Å². The molecule has 110 valence electrons. The molecule has 2 N–H and O–H groups in total. The summed E-state index contributed by atoms with van der Waals surface area (Å²) in [5.41, 5.74) is 2.18. The molecule has 1 amide bonds. The van der Waals surface area contributed by atoms with Crippen molar-refractivity contribution in [1.82, 2.24) is 15.6 Å². The maximum absolute atomic E-state index is 12.1. The van der Waals surface area contributed by atoms with Crippen LogP contribution >= 0.6 is 0 Å². The first-order valence-electron chi connectivity index (χ1n) is 7.65. The predicted molar refractivity (Wildman–Crippen MR) is 84.1 cm³/mol. The molecule has 1 fully saturated rings. The van der Waals surface area contributed by atoms with Crippen LogP contribution in [-0.2, 0) is 11.2 Å². The molecule has 2 aromatic rings. The molecule has 2 heterocycles. The molecule has 21 heavy (non-hydrogen) atoms. The van der Waals surface area contributed by atoms with Gasteiger partial charge in [-0.05, 0) is 43.5 Å². The summed E-state index contributed by atoms with van der Waals surface area (Å²) in [6.45, 7) is 1.96. The summed E-state index contributed by atoms with van der Waals surface area (Å²) < 4.78 is 0. The molecule has 1 aliphatic heterocycles. The molecule has 0 aliphatic carbocycles. The Morgan fingerprint density at radius 1 is 1.33 bits per heavy atom. The standard InChI is InChI=1S/C17H21N3O/c21-17(20-14-4-3-10-18-12-14)8-7-13-9-11-19-16-6-2-1-5-15(13)16/h1-2,5-6,9,11,14,18H,3-4,7-8,10,12H2,(H,20,21)/t14-/m0/s1. The lowest BCUT2D eigenvalue weighted by atomic mass is 10.0. The molecule has 0 radical (unpaired) electrons. The van der Waals surface area contributed by atoms with Gasteiger partial charge in [-0.3, -0.25) is 9.78 Å². The summed E-state index contributed by atoms with van der Waals surface area (Å²) in [4.78, 5) is 16.4. The zero-order chi connectivity index (χ0) is 14.5. The van der Waals surface area contributed by atoms with Crippen molar-refractivity contribution in [2.75, 3.05) is 13.1 Å². The second kappa shape index (κ2) is 6.68. The topological polar surface area (TPSA) is 54.0 Å². The van der Waals surface area contributed by atoms with E-state index in [1.54, 1.807) is 0 Å². The number of carbonyl (C=O) groups excluding carboxylic acids is 1. The zero-order valence-electron chi connectivity index (χ0n) is 12.1. The zero-order valence-corrected chi connectivity index (χ0v) is 12.1. The summed E-state index contributed by atoms with van der Waals surface area (Å²) in [7, 11) is 0. The Hall–Kier alpha value is -1.94. The van der Waals surface area contributed by atoms with Gasteiger partial charge in [-0.2, -0.15) is 0 Å². The number of nitrogens with one attached hydrogen (secondary N) is 2. The lowest BCUT2D eigenvalue weighted by molar-refractivity contribution is -0.121. The van der Waals surface area contributed by atoms with Crippen LogP contribution in [0.2, 0.25) is 0 Å². The van der Waals surface area contributed by atoms with Crippen molar-refractivity contribution in [1.29, 1.82) is 0 Å². The van der Waals surface area contributed by atoms with E-state index in [1.165, 1.54) is 5.56 Å². The van der Waals surface area contributed by atoms with Crippen LogP contribution in [0.5, 0.6) is 0 Å². The van der Waals surface area contributed by atoms with Gasteiger partial charge in [0.25, 0.3) is 0 Å². The van der Waals surface area contributed by atoms with Crippen molar-refractivity contribution in [3.8, 4) is 0 Å². The van der Waals surface area contributed by atoms with Crippen LogP contribution in [0.3, 0.4) is 0 Å². The van der Waals surface area contributed by atoms with Gasteiger partial charge in [-0.1, -0.05) is 18.2 Å². The van der Waals surface area contributed by atoms with Gasteiger partial charge in [0.1, 0.15) is 0 Å². The minimum atomic E-state index is 0.143. The van der Waals surface area contributed by atoms with Gasteiger partial charge < -0.3 is 10.6 Å². The second-order valence-electron chi connectivity index (χ2n) is 5.60. The molecule has 4 nitrogen and oxygen atoms in total. The summed E-state index contributed by atoms with van der Waals surface area (Å²) in [6.07, 6.45) is 5.33. The molecule has 0 unspecified atom stereocenters. The van der Waals surface area contributed by atoms with Crippen LogP contribution in [0.15, 0.2) is 36.5 Å². The minimum Gasteiger partial charge on any atom is -0.352 e. The normalized spacial score (nSPS) is 18.6. The number of rotatable bonds is 4. The number of carbonyl (C=O) groups is 1. The summed E-state index contributed by atoms with van der Waals surface area (Å²) in [6, 6.07) is 10.4.